The zero-order chi connectivity index (χ0) is 26.1. The Kier molecular flexibility index (Phi) is 16.6. The number of allylic oxidation sites excluding steroid dienone is 2. The highest BCUT2D eigenvalue weighted by Gasteiger charge is 2.24. The number of ketones is 1. The number of hydrogen-bond donors (Lipinski definition) is 0. The number of ether oxygens (including phenoxy) is 3. The Labute approximate surface area is 210 Å². The summed E-state index contributed by atoms with van der Waals surface area (Å²) >= 11 is 4.64. The number of rotatable bonds is 15. The van der Waals surface area contributed by atoms with Gasteiger partial charge in [-0.3, -0.25) is 4.79 Å². The highest BCUT2D eigenvalue weighted by Crippen LogP contribution is 2.24. The van der Waals surface area contributed by atoms with Crippen LogP contribution in [-0.4, -0.2) is 65.4 Å². The van der Waals surface area contributed by atoms with Crippen molar-refractivity contribution in [1.29, 1.82) is 0 Å². The van der Waals surface area contributed by atoms with E-state index < -0.39 is 10.0 Å². The molecule has 0 fully saturated rings. The van der Waals surface area contributed by atoms with Crippen molar-refractivity contribution in [2.75, 3.05) is 46.9 Å². The lowest BCUT2D eigenvalue weighted by molar-refractivity contribution is 0.0794. The van der Waals surface area contributed by atoms with E-state index in [9.17, 15) is 13.2 Å². The quantitative estimate of drug-likeness (QED) is 0.175. The molecule has 194 valence electrons. The molecule has 0 atom stereocenters. The summed E-state index contributed by atoms with van der Waals surface area (Å²) < 4.78 is 43.7. The lowest BCUT2D eigenvalue weighted by Gasteiger charge is -2.22. The Bertz CT molecular complexity index is 912. The zero-order valence-corrected chi connectivity index (χ0v) is 23.1. The van der Waals surface area contributed by atoms with Crippen LogP contribution in [0.25, 0.3) is 0 Å². The van der Waals surface area contributed by atoms with E-state index in [0.29, 0.717) is 35.7 Å². The summed E-state index contributed by atoms with van der Waals surface area (Å²) in [6, 6.07) is 4.99. The fraction of sp³-hybridized carbons (Fsp3) is 0.560. The molecule has 0 aromatic heterocycles. The minimum Gasteiger partial charge on any atom is -0.497 e. The van der Waals surface area contributed by atoms with Gasteiger partial charge in [-0.15, -0.1) is 11.6 Å². The molecule has 1 aromatic rings. The van der Waals surface area contributed by atoms with Gasteiger partial charge < -0.3 is 14.2 Å². The second kappa shape index (κ2) is 17.5. The first-order valence-electron chi connectivity index (χ1n) is 11.3. The standard InChI is InChI=1S/C24H37NO6S.CH3Cl/c1-7-10-14-25(13-8-2)32(27,28)21(9-3)15-19(4)17-31-18-23(26)22-16-20(29-5)11-12-24(22)30-6;1-2/h9,11-12,15-16H,7-8,10,13-14,17-18H2,1-6H3;1H3/b19-15+,21-9+;. The van der Waals surface area contributed by atoms with Gasteiger partial charge in [-0.2, -0.15) is 4.31 Å². The number of sulfonamides is 1. The van der Waals surface area contributed by atoms with Crippen molar-refractivity contribution in [3.8, 4) is 11.5 Å². The third-order valence-electron chi connectivity index (χ3n) is 4.81. The van der Waals surface area contributed by atoms with Crippen LogP contribution in [0.2, 0.25) is 0 Å². The van der Waals surface area contributed by atoms with E-state index in [0.717, 1.165) is 19.3 Å². The Morgan fingerprint density at radius 3 is 2.26 bits per heavy atom. The SMILES string of the molecule is C/C=C(\C=C(/C)COCC(=O)c1cc(OC)ccc1OC)S(=O)(=O)N(CCC)CCCC.CCl. The summed E-state index contributed by atoms with van der Waals surface area (Å²) in [7, 11) is -0.560. The van der Waals surface area contributed by atoms with E-state index in [1.165, 1.54) is 24.9 Å². The van der Waals surface area contributed by atoms with E-state index in [-0.39, 0.29) is 23.9 Å². The molecule has 0 bridgehead atoms. The van der Waals surface area contributed by atoms with Crippen LogP contribution < -0.4 is 9.47 Å². The maximum atomic E-state index is 13.1. The zero-order valence-electron chi connectivity index (χ0n) is 21.5. The number of nitrogens with zero attached hydrogens (tertiary/aromatic N) is 1. The number of carbonyl (C=O) groups excluding carboxylic acids is 1. The van der Waals surface area contributed by atoms with Gasteiger partial charge in [0.1, 0.15) is 18.1 Å². The predicted molar refractivity (Wildman–Crippen MR) is 140 cm³/mol. The van der Waals surface area contributed by atoms with E-state index in [2.05, 4.69) is 11.6 Å². The van der Waals surface area contributed by atoms with Crippen molar-refractivity contribution >= 4 is 27.4 Å². The molecule has 0 N–H and O–H groups in total. The average molecular weight is 518 g/mol. The first-order valence-corrected chi connectivity index (χ1v) is 13.5. The highest BCUT2D eigenvalue weighted by atomic mass is 35.5. The van der Waals surface area contributed by atoms with Crippen LogP contribution >= 0.6 is 11.6 Å². The molecule has 1 rings (SSSR count). The van der Waals surface area contributed by atoms with Gasteiger partial charge in [-0.1, -0.05) is 26.3 Å². The van der Waals surface area contributed by atoms with Crippen LogP contribution in [0.15, 0.2) is 40.8 Å². The highest BCUT2D eigenvalue weighted by molar-refractivity contribution is 7.93. The fourth-order valence-corrected chi connectivity index (χ4v) is 4.83. The number of carbonyl (C=O) groups is 1. The van der Waals surface area contributed by atoms with Gasteiger partial charge in [-0.05, 0) is 56.5 Å². The first kappa shape index (κ1) is 32.1. The lowest BCUT2D eigenvalue weighted by atomic mass is 10.1. The summed E-state index contributed by atoms with van der Waals surface area (Å²) in [6.45, 7) is 8.46. The summed E-state index contributed by atoms with van der Waals surface area (Å²) in [5, 5.41) is 0. The number of alkyl halides is 1. The minimum absolute atomic E-state index is 0.133. The Morgan fingerprint density at radius 1 is 1.06 bits per heavy atom. The molecule has 7 nitrogen and oxygen atoms in total. The van der Waals surface area contributed by atoms with Gasteiger partial charge in [0, 0.05) is 19.5 Å². The van der Waals surface area contributed by atoms with Crippen LogP contribution in [0.3, 0.4) is 0 Å². The summed E-state index contributed by atoms with van der Waals surface area (Å²) in [5.41, 5.74) is 1.08. The summed E-state index contributed by atoms with van der Waals surface area (Å²) in [5.74, 6) is 0.742. The molecule has 0 unspecified atom stereocenters. The molecule has 0 saturated heterocycles. The molecule has 0 radical (unpaired) electrons. The van der Waals surface area contributed by atoms with Crippen molar-refractivity contribution < 1.29 is 27.4 Å². The van der Waals surface area contributed by atoms with Crippen LogP contribution in [0.1, 0.15) is 57.3 Å². The molecule has 9 heteroatoms. The van der Waals surface area contributed by atoms with Gasteiger partial charge in [0.25, 0.3) is 0 Å². The Balaban J connectivity index is 0.00000529. The second-order valence-electron chi connectivity index (χ2n) is 7.42. The third kappa shape index (κ3) is 10.2. The van der Waals surface area contributed by atoms with E-state index >= 15 is 0 Å². The fourth-order valence-electron chi connectivity index (χ4n) is 3.09. The topological polar surface area (TPSA) is 82.1 Å². The monoisotopic (exact) mass is 517 g/mol. The Hall–Kier alpha value is -1.87. The molecule has 0 aliphatic carbocycles. The first-order chi connectivity index (χ1) is 16.2. The third-order valence-corrected chi connectivity index (χ3v) is 6.81. The molecule has 0 amide bonds. The lowest BCUT2D eigenvalue weighted by Crippen LogP contribution is -2.33. The van der Waals surface area contributed by atoms with Gasteiger partial charge in [0.05, 0.1) is 31.3 Å². The number of unbranched alkanes of at least 4 members (excludes halogenated alkanes) is 1. The molecule has 0 aliphatic rings. The van der Waals surface area contributed by atoms with Crippen LogP contribution in [0.4, 0.5) is 0 Å². The molecular formula is C25H40ClNO6S. The van der Waals surface area contributed by atoms with Gasteiger partial charge in [0.15, 0.2) is 5.78 Å². The molecule has 0 aliphatic heterocycles. The molecule has 0 saturated carbocycles. The van der Waals surface area contributed by atoms with Crippen LogP contribution in [0, 0.1) is 0 Å². The van der Waals surface area contributed by atoms with Crippen molar-refractivity contribution in [3.05, 3.63) is 46.4 Å². The van der Waals surface area contributed by atoms with Crippen molar-refractivity contribution in [2.45, 2.75) is 47.0 Å². The van der Waals surface area contributed by atoms with Gasteiger partial charge >= 0.3 is 0 Å². The van der Waals surface area contributed by atoms with Crippen molar-refractivity contribution in [2.24, 2.45) is 0 Å². The van der Waals surface area contributed by atoms with Crippen molar-refractivity contribution in [3.63, 3.8) is 0 Å². The molecule has 0 spiro atoms. The predicted octanol–water partition coefficient (Wildman–Crippen LogP) is 5.45. The van der Waals surface area contributed by atoms with Gasteiger partial charge in [0.2, 0.25) is 10.0 Å². The number of hydrogen-bond acceptors (Lipinski definition) is 6. The maximum absolute atomic E-state index is 13.1. The number of halogens is 1. The Morgan fingerprint density at radius 2 is 1.74 bits per heavy atom. The van der Waals surface area contributed by atoms with Crippen LogP contribution in [-0.2, 0) is 14.8 Å². The average Bonchev–Trinajstić information content (AvgIpc) is 2.85. The van der Waals surface area contributed by atoms with Crippen LogP contribution in [0.5, 0.6) is 11.5 Å². The normalized spacial score (nSPS) is 12.3. The summed E-state index contributed by atoms with van der Waals surface area (Å²) in [6.07, 6.45) is 7.18. The summed E-state index contributed by atoms with van der Waals surface area (Å²) in [4.78, 5) is 12.8. The largest absolute Gasteiger partial charge is 0.497 e. The second-order valence-corrected chi connectivity index (χ2v) is 9.36. The maximum Gasteiger partial charge on any atom is 0.242 e. The van der Waals surface area contributed by atoms with E-state index in [4.69, 9.17) is 14.2 Å². The smallest absolute Gasteiger partial charge is 0.242 e. The van der Waals surface area contributed by atoms with Gasteiger partial charge in [-0.25, -0.2) is 8.42 Å². The minimum atomic E-state index is -3.58. The van der Waals surface area contributed by atoms with Crippen molar-refractivity contribution in [1.82, 2.24) is 4.31 Å². The number of benzene rings is 1. The van der Waals surface area contributed by atoms with E-state index in [1.807, 2.05) is 13.8 Å². The molecule has 0 heterocycles. The number of Topliss-reactive ketones (excluding diaryl/α,β-unsaturated/α-hetero) is 1. The number of methoxy groups -OCH3 is 2. The molecular weight excluding hydrogens is 478 g/mol. The molecule has 1 aromatic carbocycles. The molecule has 34 heavy (non-hydrogen) atoms. The van der Waals surface area contributed by atoms with E-state index in [1.54, 1.807) is 44.2 Å².